The number of hydrogen-bond donors (Lipinski definition) is 2. The van der Waals surface area contributed by atoms with Crippen molar-refractivity contribution in [1.29, 1.82) is 0 Å². The molecule has 0 aromatic heterocycles. The highest BCUT2D eigenvalue weighted by Crippen LogP contribution is 2.61. The molecule has 6 nitrogen and oxygen atoms in total. The van der Waals surface area contributed by atoms with Crippen LogP contribution in [0.4, 0.5) is 0 Å². The quantitative estimate of drug-likeness (QED) is 0.792. The molecule has 0 saturated heterocycles. The lowest BCUT2D eigenvalue weighted by Crippen LogP contribution is -2.54. The summed E-state index contributed by atoms with van der Waals surface area (Å²) in [5.41, 5.74) is -1.24. The van der Waals surface area contributed by atoms with Crippen molar-refractivity contribution in [1.82, 2.24) is 0 Å². The van der Waals surface area contributed by atoms with E-state index in [4.69, 9.17) is 4.74 Å². The SMILES string of the molecule is CC(=O)OCC(=O)[C@@]1(O)CC[C@H]2c3ccc4cc(O)ccc4c3C(=O)C[C@@]21C. The zero-order valence-electron chi connectivity index (χ0n) is 15.8. The monoisotopic (exact) mass is 382 g/mol. The summed E-state index contributed by atoms with van der Waals surface area (Å²) in [6, 6.07) is 8.61. The lowest BCUT2D eigenvalue weighted by atomic mass is 9.60. The molecule has 0 spiro atoms. The molecular formula is C22H22O6. The number of phenols is 1. The van der Waals surface area contributed by atoms with Crippen LogP contribution in [-0.4, -0.2) is 40.0 Å². The first kappa shape index (κ1) is 18.6. The van der Waals surface area contributed by atoms with Gasteiger partial charge in [0.05, 0.1) is 0 Å². The van der Waals surface area contributed by atoms with E-state index >= 15 is 0 Å². The summed E-state index contributed by atoms with van der Waals surface area (Å²) in [6.07, 6.45) is 0.810. The minimum absolute atomic E-state index is 0.0347. The normalized spacial score (nSPS) is 28.7. The van der Waals surface area contributed by atoms with Gasteiger partial charge in [0.1, 0.15) is 11.4 Å². The Labute approximate surface area is 162 Å². The van der Waals surface area contributed by atoms with Crippen molar-refractivity contribution in [3.05, 3.63) is 41.5 Å². The zero-order chi connectivity index (χ0) is 20.3. The molecule has 2 aromatic rings. The lowest BCUT2D eigenvalue weighted by Gasteiger charge is -2.45. The van der Waals surface area contributed by atoms with Crippen LogP contribution in [0.5, 0.6) is 5.75 Å². The Morgan fingerprint density at radius 3 is 2.71 bits per heavy atom. The summed E-state index contributed by atoms with van der Waals surface area (Å²) in [5, 5.41) is 22.6. The number of carbonyl (C=O) groups excluding carboxylic acids is 3. The predicted octanol–water partition coefficient (Wildman–Crippen LogP) is 2.88. The van der Waals surface area contributed by atoms with Crippen molar-refractivity contribution in [3.8, 4) is 5.75 Å². The molecule has 6 heteroatoms. The molecule has 2 N–H and O–H groups in total. The van der Waals surface area contributed by atoms with Gasteiger partial charge in [0, 0.05) is 24.3 Å². The van der Waals surface area contributed by atoms with E-state index in [1.54, 1.807) is 25.1 Å². The molecule has 1 fully saturated rings. The number of hydrogen-bond acceptors (Lipinski definition) is 6. The summed E-state index contributed by atoms with van der Waals surface area (Å²) in [5.74, 6) is -1.31. The van der Waals surface area contributed by atoms with Gasteiger partial charge < -0.3 is 14.9 Å². The number of ether oxygens (including phenoxy) is 1. The number of esters is 1. The van der Waals surface area contributed by atoms with Gasteiger partial charge in [-0.1, -0.05) is 19.1 Å². The van der Waals surface area contributed by atoms with E-state index in [0.717, 1.165) is 16.3 Å². The molecule has 0 unspecified atom stereocenters. The molecule has 28 heavy (non-hydrogen) atoms. The second-order valence-electron chi connectivity index (χ2n) is 8.11. The smallest absolute Gasteiger partial charge is 0.303 e. The molecule has 2 aliphatic rings. The average molecular weight is 382 g/mol. The predicted molar refractivity (Wildman–Crippen MR) is 101 cm³/mol. The standard InChI is InChI=1S/C22H22O6/c1-12(23)28-11-19(26)22(27)8-7-17-16-5-3-13-9-14(24)4-6-15(13)20(16)18(25)10-21(17,22)2/h3-6,9,17,24,27H,7-8,10-11H2,1-2H3/t17-,21-,22-/m0/s1. The number of fused-ring (bicyclic) bond motifs is 5. The molecule has 0 heterocycles. The Morgan fingerprint density at radius 2 is 2.00 bits per heavy atom. The molecule has 1 saturated carbocycles. The summed E-state index contributed by atoms with van der Waals surface area (Å²) in [4.78, 5) is 36.9. The van der Waals surface area contributed by atoms with Crippen LogP contribution in [0.15, 0.2) is 30.3 Å². The fourth-order valence-electron chi connectivity index (χ4n) is 5.12. The van der Waals surface area contributed by atoms with Crippen LogP contribution in [0.2, 0.25) is 0 Å². The van der Waals surface area contributed by atoms with Crippen LogP contribution in [0.3, 0.4) is 0 Å². The average Bonchev–Trinajstić information content (AvgIpc) is 2.91. The molecule has 0 aliphatic heterocycles. The Bertz CT molecular complexity index is 1030. The molecule has 0 amide bonds. The highest BCUT2D eigenvalue weighted by atomic mass is 16.5. The van der Waals surface area contributed by atoms with Crippen LogP contribution in [0.25, 0.3) is 10.8 Å². The third kappa shape index (κ3) is 2.48. The lowest BCUT2D eigenvalue weighted by molar-refractivity contribution is -0.160. The van der Waals surface area contributed by atoms with Gasteiger partial charge in [0.25, 0.3) is 0 Å². The molecule has 3 atom stereocenters. The molecule has 2 aromatic carbocycles. The van der Waals surface area contributed by atoms with E-state index in [9.17, 15) is 24.6 Å². The molecular weight excluding hydrogens is 360 g/mol. The van der Waals surface area contributed by atoms with Crippen molar-refractivity contribution in [2.75, 3.05) is 6.61 Å². The van der Waals surface area contributed by atoms with E-state index in [2.05, 4.69) is 0 Å². The number of Topliss-reactive ketones (excluding diaryl/α,β-unsaturated/α-hetero) is 2. The summed E-state index contributed by atoms with van der Waals surface area (Å²) in [7, 11) is 0. The van der Waals surface area contributed by atoms with Gasteiger partial charge in [0.15, 0.2) is 12.4 Å². The van der Waals surface area contributed by atoms with Crippen LogP contribution in [0.1, 0.15) is 54.9 Å². The van der Waals surface area contributed by atoms with Crippen molar-refractivity contribution in [3.63, 3.8) is 0 Å². The van der Waals surface area contributed by atoms with Gasteiger partial charge in [-0.2, -0.15) is 0 Å². The van der Waals surface area contributed by atoms with E-state index in [0.29, 0.717) is 12.0 Å². The third-order valence-corrected chi connectivity index (χ3v) is 6.59. The van der Waals surface area contributed by atoms with Gasteiger partial charge in [-0.05, 0) is 53.3 Å². The number of phenolic OH excluding ortho intramolecular Hbond substituents is 1. The minimum atomic E-state index is -1.72. The second-order valence-corrected chi connectivity index (χ2v) is 8.11. The summed E-state index contributed by atoms with van der Waals surface area (Å²) in [6.45, 7) is 2.49. The number of ketones is 2. The fourth-order valence-corrected chi connectivity index (χ4v) is 5.12. The fraction of sp³-hybridized carbons (Fsp3) is 0.409. The van der Waals surface area contributed by atoms with Gasteiger partial charge in [-0.15, -0.1) is 0 Å². The van der Waals surface area contributed by atoms with E-state index < -0.39 is 29.4 Å². The van der Waals surface area contributed by atoms with Crippen LogP contribution in [0, 0.1) is 5.41 Å². The topological polar surface area (TPSA) is 101 Å². The molecule has 0 radical (unpaired) electrons. The largest absolute Gasteiger partial charge is 0.508 e. The second kappa shape index (κ2) is 6.14. The van der Waals surface area contributed by atoms with Crippen molar-refractivity contribution >= 4 is 28.3 Å². The summed E-state index contributed by atoms with van der Waals surface area (Å²) < 4.78 is 4.81. The molecule has 146 valence electrons. The van der Waals surface area contributed by atoms with E-state index in [1.165, 1.54) is 6.92 Å². The number of carbonyl (C=O) groups is 3. The van der Waals surface area contributed by atoms with Crippen molar-refractivity contribution < 1.29 is 29.3 Å². The Balaban J connectivity index is 1.80. The minimum Gasteiger partial charge on any atom is -0.508 e. The van der Waals surface area contributed by atoms with Gasteiger partial charge in [0.2, 0.25) is 5.78 Å². The van der Waals surface area contributed by atoms with Crippen molar-refractivity contribution in [2.24, 2.45) is 5.41 Å². The maximum absolute atomic E-state index is 13.1. The summed E-state index contributed by atoms with van der Waals surface area (Å²) >= 11 is 0. The van der Waals surface area contributed by atoms with Crippen molar-refractivity contribution in [2.45, 2.75) is 44.6 Å². The first-order valence-electron chi connectivity index (χ1n) is 9.35. The van der Waals surface area contributed by atoms with Gasteiger partial charge in [-0.3, -0.25) is 14.4 Å². The highest BCUT2D eigenvalue weighted by Gasteiger charge is 2.63. The number of rotatable bonds is 3. The van der Waals surface area contributed by atoms with Gasteiger partial charge in [-0.25, -0.2) is 0 Å². The van der Waals surface area contributed by atoms with Crippen LogP contribution in [-0.2, 0) is 14.3 Å². The Kier molecular flexibility index (Phi) is 4.08. The molecule has 4 rings (SSSR count). The number of aliphatic hydroxyl groups is 1. The molecule has 0 bridgehead atoms. The molecule has 2 aliphatic carbocycles. The highest BCUT2D eigenvalue weighted by molar-refractivity contribution is 6.11. The van der Waals surface area contributed by atoms with Crippen LogP contribution >= 0.6 is 0 Å². The van der Waals surface area contributed by atoms with E-state index in [-0.39, 0.29) is 30.3 Å². The Morgan fingerprint density at radius 1 is 1.25 bits per heavy atom. The number of aromatic hydroxyl groups is 1. The van der Waals surface area contributed by atoms with Crippen LogP contribution < -0.4 is 0 Å². The third-order valence-electron chi connectivity index (χ3n) is 6.59. The maximum atomic E-state index is 13.1. The first-order chi connectivity index (χ1) is 13.2. The zero-order valence-corrected chi connectivity index (χ0v) is 15.8. The maximum Gasteiger partial charge on any atom is 0.303 e. The van der Waals surface area contributed by atoms with Gasteiger partial charge >= 0.3 is 5.97 Å². The first-order valence-corrected chi connectivity index (χ1v) is 9.35. The Hall–Kier alpha value is -2.73. The van der Waals surface area contributed by atoms with E-state index in [1.807, 2.05) is 12.1 Å². The number of benzene rings is 2.